The molecular formula is C22H21N3O5S. The van der Waals surface area contributed by atoms with Crippen LogP contribution in [0.3, 0.4) is 0 Å². The summed E-state index contributed by atoms with van der Waals surface area (Å²) < 4.78 is 7.12. The van der Waals surface area contributed by atoms with Crippen molar-refractivity contribution in [1.29, 1.82) is 0 Å². The fourth-order valence-corrected chi connectivity index (χ4v) is 4.77. The summed E-state index contributed by atoms with van der Waals surface area (Å²) in [4.78, 5) is 30.7. The molecule has 1 aliphatic heterocycles. The number of phenolic OH excluding ortho intramolecular Hbond substituents is 1. The van der Waals surface area contributed by atoms with Crippen LogP contribution in [0.2, 0.25) is 0 Å². The summed E-state index contributed by atoms with van der Waals surface area (Å²) in [5, 5.41) is 20.7. The average molecular weight is 439 g/mol. The molecule has 0 aliphatic carbocycles. The molecule has 1 atom stereocenters. The number of rotatable bonds is 3. The minimum atomic E-state index is -0.619. The summed E-state index contributed by atoms with van der Waals surface area (Å²) in [6, 6.07) is 12.7. The lowest BCUT2D eigenvalue weighted by Crippen LogP contribution is -2.40. The lowest BCUT2D eigenvalue weighted by Gasteiger charge is -2.18. The highest BCUT2D eigenvalue weighted by Gasteiger charge is 2.28. The number of para-hydroxylation sites is 1. The summed E-state index contributed by atoms with van der Waals surface area (Å²) in [5.74, 6) is -0.0497. The molecule has 0 bridgehead atoms. The Morgan fingerprint density at radius 2 is 1.84 bits per heavy atom. The quantitative estimate of drug-likeness (QED) is 0.650. The Kier molecular flexibility index (Phi) is 5.36. The van der Waals surface area contributed by atoms with Crippen molar-refractivity contribution < 1.29 is 14.9 Å². The number of aromatic hydroxyl groups is 2. The van der Waals surface area contributed by atoms with Crippen LogP contribution in [-0.4, -0.2) is 32.2 Å². The number of aromatic nitrogens is 2. The fraction of sp³-hybridized carbons (Fsp3) is 0.227. The van der Waals surface area contributed by atoms with E-state index in [1.807, 2.05) is 30.3 Å². The van der Waals surface area contributed by atoms with E-state index in [2.05, 4.69) is 0 Å². The van der Waals surface area contributed by atoms with E-state index < -0.39 is 17.1 Å². The molecule has 0 unspecified atom stereocenters. The summed E-state index contributed by atoms with van der Waals surface area (Å²) in [6.07, 6.45) is 0.298. The molecule has 0 amide bonds. The zero-order valence-electron chi connectivity index (χ0n) is 17.2. The molecule has 2 heterocycles. The van der Waals surface area contributed by atoms with Gasteiger partial charge in [-0.25, -0.2) is 4.79 Å². The minimum Gasteiger partial charge on any atom is -0.504 e. The second-order valence-electron chi connectivity index (χ2n) is 7.17. The van der Waals surface area contributed by atoms with E-state index in [1.54, 1.807) is 23.9 Å². The Balaban J connectivity index is 1.91. The number of nitrogens with zero attached hydrogens (tertiary/aromatic N) is 3. The van der Waals surface area contributed by atoms with Gasteiger partial charge in [-0.15, -0.1) is 11.8 Å². The molecule has 9 heteroatoms. The largest absolute Gasteiger partial charge is 0.504 e. The van der Waals surface area contributed by atoms with Crippen LogP contribution in [0.25, 0.3) is 0 Å². The highest BCUT2D eigenvalue weighted by atomic mass is 32.2. The van der Waals surface area contributed by atoms with E-state index in [0.717, 1.165) is 19.6 Å². The van der Waals surface area contributed by atoms with Gasteiger partial charge in [0.1, 0.15) is 5.56 Å². The monoisotopic (exact) mass is 439 g/mol. The van der Waals surface area contributed by atoms with Gasteiger partial charge >= 0.3 is 5.69 Å². The molecule has 0 saturated carbocycles. The van der Waals surface area contributed by atoms with E-state index in [9.17, 15) is 19.8 Å². The number of ether oxygens (including phenoxy) is 1. The van der Waals surface area contributed by atoms with Crippen molar-refractivity contribution in [2.24, 2.45) is 19.1 Å². The number of phenols is 1. The van der Waals surface area contributed by atoms with Crippen LogP contribution in [0.15, 0.2) is 61.9 Å². The first-order chi connectivity index (χ1) is 14.8. The normalized spacial score (nSPS) is 15.7. The number of benzene rings is 2. The maximum absolute atomic E-state index is 12.9. The van der Waals surface area contributed by atoms with Crippen molar-refractivity contribution in [3.05, 3.63) is 74.4 Å². The average Bonchev–Trinajstić information content (AvgIpc) is 2.96. The van der Waals surface area contributed by atoms with Gasteiger partial charge in [0.25, 0.3) is 5.56 Å². The Morgan fingerprint density at radius 3 is 2.55 bits per heavy atom. The van der Waals surface area contributed by atoms with E-state index in [-0.39, 0.29) is 16.6 Å². The van der Waals surface area contributed by atoms with Crippen molar-refractivity contribution in [2.75, 3.05) is 7.11 Å². The first-order valence-corrected chi connectivity index (χ1v) is 10.4. The number of hydrogen-bond donors (Lipinski definition) is 2. The number of aliphatic imine (C=N–C) groups is 1. The summed E-state index contributed by atoms with van der Waals surface area (Å²) in [5.41, 5.74) is 0.606. The van der Waals surface area contributed by atoms with Crippen LogP contribution < -0.4 is 16.0 Å². The first kappa shape index (κ1) is 20.8. The van der Waals surface area contributed by atoms with Gasteiger partial charge in [-0.2, -0.15) is 0 Å². The lowest BCUT2D eigenvalue weighted by atomic mass is 10.0. The molecule has 1 aliphatic rings. The van der Waals surface area contributed by atoms with E-state index in [1.165, 1.54) is 21.2 Å². The van der Waals surface area contributed by atoms with Gasteiger partial charge in [0.15, 0.2) is 11.5 Å². The van der Waals surface area contributed by atoms with Crippen molar-refractivity contribution in [1.82, 2.24) is 9.13 Å². The van der Waals surface area contributed by atoms with Crippen LogP contribution in [0.4, 0.5) is 5.69 Å². The SMILES string of the molecule is COc1ccc([C@H]2CC(c3c(O)n(C)c(=O)n(C)c3=O)=Nc3ccccc3S2)cc1O. The molecule has 2 N–H and O–H groups in total. The van der Waals surface area contributed by atoms with E-state index >= 15 is 0 Å². The van der Waals surface area contributed by atoms with Gasteiger partial charge in [0.2, 0.25) is 5.88 Å². The van der Waals surface area contributed by atoms with Crippen molar-refractivity contribution >= 4 is 23.2 Å². The third kappa shape index (κ3) is 3.61. The van der Waals surface area contributed by atoms with E-state index in [4.69, 9.17) is 9.73 Å². The van der Waals surface area contributed by atoms with Crippen molar-refractivity contribution in [2.45, 2.75) is 16.6 Å². The van der Waals surface area contributed by atoms with Gasteiger partial charge < -0.3 is 14.9 Å². The third-order valence-electron chi connectivity index (χ3n) is 5.27. The first-order valence-electron chi connectivity index (χ1n) is 9.51. The standard InChI is InChI=1S/C22H21N3O5S/c1-24-20(27)19(21(28)25(2)22(24)29)14-11-18(12-8-9-16(30-3)15(26)10-12)31-17-7-5-4-6-13(17)23-14/h4-10,18,26-27H,11H2,1-3H3/t18-/m1/s1. The molecule has 4 rings (SSSR count). The van der Waals surface area contributed by atoms with Crippen LogP contribution in [0, 0.1) is 0 Å². The number of fused-ring (bicyclic) bond motifs is 1. The molecule has 8 nitrogen and oxygen atoms in total. The molecule has 160 valence electrons. The van der Waals surface area contributed by atoms with Crippen molar-refractivity contribution in [3.63, 3.8) is 0 Å². The lowest BCUT2D eigenvalue weighted by molar-refractivity contribution is 0.373. The van der Waals surface area contributed by atoms with Gasteiger partial charge in [-0.1, -0.05) is 18.2 Å². The molecule has 0 saturated heterocycles. The van der Waals surface area contributed by atoms with Crippen LogP contribution in [-0.2, 0) is 14.1 Å². The Hall–Kier alpha value is -3.46. The number of thioether (sulfide) groups is 1. The molecule has 0 spiro atoms. The summed E-state index contributed by atoms with van der Waals surface area (Å²) >= 11 is 1.55. The second kappa shape index (κ2) is 7.99. The number of hydrogen-bond acceptors (Lipinski definition) is 7. The maximum Gasteiger partial charge on any atom is 0.333 e. The van der Waals surface area contributed by atoms with Crippen LogP contribution in [0.1, 0.15) is 22.8 Å². The van der Waals surface area contributed by atoms with Gasteiger partial charge in [0.05, 0.1) is 18.5 Å². The molecular weight excluding hydrogens is 418 g/mol. The fourth-order valence-electron chi connectivity index (χ4n) is 3.55. The summed E-state index contributed by atoms with van der Waals surface area (Å²) in [7, 11) is 4.25. The maximum atomic E-state index is 12.9. The topological polar surface area (TPSA) is 106 Å². The molecule has 3 aromatic rings. The predicted molar refractivity (Wildman–Crippen MR) is 119 cm³/mol. The Morgan fingerprint density at radius 1 is 1.10 bits per heavy atom. The highest BCUT2D eigenvalue weighted by molar-refractivity contribution is 7.99. The Bertz CT molecular complexity index is 1330. The van der Waals surface area contributed by atoms with Crippen molar-refractivity contribution in [3.8, 4) is 17.4 Å². The highest BCUT2D eigenvalue weighted by Crippen LogP contribution is 2.46. The zero-order chi connectivity index (χ0) is 22.3. The third-order valence-corrected chi connectivity index (χ3v) is 6.59. The second-order valence-corrected chi connectivity index (χ2v) is 8.42. The van der Waals surface area contributed by atoms with Crippen LogP contribution >= 0.6 is 11.8 Å². The minimum absolute atomic E-state index is 0.00960. The molecule has 0 radical (unpaired) electrons. The van der Waals surface area contributed by atoms with Gasteiger partial charge in [-0.05, 0) is 29.8 Å². The molecule has 0 fully saturated rings. The Labute approximate surface area is 182 Å². The van der Waals surface area contributed by atoms with E-state index in [0.29, 0.717) is 23.6 Å². The van der Waals surface area contributed by atoms with Gasteiger partial charge in [-0.3, -0.25) is 18.9 Å². The number of methoxy groups -OCH3 is 1. The van der Waals surface area contributed by atoms with Crippen LogP contribution in [0.5, 0.6) is 17.4 Å². The smallest absolute Gasteiger partial charge is 0.333 e. The molecule has 2 aromatic carbocycles. The molecule has 1 aromatic heterocycles. The zero-order valence-corrected chi connectivity index (χ0v) is 18.0. The molecule has 31 heavy (non-hydrogen) atoms. The summed E-state index contributed by atoms with van der Waals surface area (Å²) in [6.45, 7) is 0. The van der Waals surface area contributed by atoms with Gasteiger partial charge in [0, 0.05) is 30.7 Å². The predicted octanol–water partition coefficient (Wildman–Crippen LogP) is 2.86.